The zero-order valence-electron chi connectivity index (χ0n) is 18.3. The van der Waals surface area contributed by atoms with E-state index in [4.69, 9.17) is 51.1 Å². The lowest BCUT2D eigenvalue weighted by atomic mass is 9.99. The van der Waals surface area contributed by atoms with Gasteiger partial charge in [0, 0.05) is 12.8 Å². The van der Waals surface area contributed by atoms with Crippen LogP contribution in [0.2, 0.25) is 20.1 Å². The summed E-state index contributed by atoms with van der Waals surface area (Å²) in [5.41, 5.74) is 1.61. The predicted molar refractivity (Wildman–Crippen MR) is 136 cm³/mol. The van der Waals surface area contributed by atoms with Crippen LogP contribution >= 0.6 is 46.4 Å². The van der Waals surface area contributed by atoms with Crippen molar-refractivity contribution < 1.29 is 24.2 Å². The topological polar surface area (TPSA) is 92.7 Å². The van der Waals surface area contributed by atoms with Crippen molar-refractivity contribution in [3.63, 3.8) is 0 Å². The second-order valence-corrected chi connectivity index (χ2v) is 9.18. The first-order chi connectivity index (χ1) is 16.6. The van der Waals surface area contributed by atoms with Gasteiger partial charge in [0.1, 0.15) is 11.8 Å². The molecule has 0 saturated carbocycles. The summed E-state index contributed by atoms with van der Waals surface area (Å²) in [7, 11) is 1.20. The molecule has 3 aromatic rings. The number of aromatic hydroxyl groups is 1. The van der Waals surface area contributed by atoms with Crippen LogP contribution in [0.1, 0.15) is 31.8 Å². The van der Waals surface area contributed by atoms with Gasteiger partial charge in [0.2, 0.25) is 0 Å². The van der Waals surface area contributed by atoms with E-state index in [0.717, 1.165) is 5.56 Å². The SMILES string of the molecule is COC(=O)[C@H](Cc1ccc(CC(=O)c2c(Cl)cccc2Cl)cc1)NC(=O)c1c(Cl)cc(O)cc1Cl. The van der Waals surface area contributed by atoms with Crippen LogP contribution in [0.25, 0.3) is 0 Å². The zero-order chi connectivity index (χ0) is 25.7. The Morgan fingerprint density at radius 2 is 1.40 bits per heavy atom. The largest absolute Gasteiger partial charge is 0.508 e. The van der Waals surface area contributed by atoms with Crippen molar-refractivity contribution in [2.75, 3.05) is 7.11 Å². The van der Waals surface area contributed by atoms with Crippen molar-refractivity contribution in [3.8, 4) is 5.75 Å². The lowest BCUT2D eigenvalue weighted by Crippen LogP contribution is -2.43. The predicted octanol–water partition coefficient (Wildman–Crippen LogP) is 5.95. The second-order valence-electron chi connectivity index (χ2n) is 7.55. The van der Waals surface area contributed by atoms with Crippen molar-refractivity contribution >= 4 is 64.1 Å². The summed E-state index contributed by atoms with van der Waals surface area (Å²) in [5, 5.41) is 12.6. The maximum atomic E-state index is 12.8. The molecule has 182 valence electrons. The van der Waals surface area contributed by atoms with Crippen molar-refractivity contribution in [3.05, 3.63) is 96.9 Å². The average Bonchev–Trinajstić information content (AvgIpc) is 2.78. The van der Waals surface area contributed by atoms with E-state index in [0.29, 0.717) is 5.56 Å². The third kappa shape index (κ3) is 6.67. The number of hydrogen-bond donors (Lipinski definition) is 2. The minimum atomic E-state index is -1.04. The number of rotatable bonds is 8. The Kier molecular flexibility index (Phi) is 9.03. The molecule has 0 aromatic heterocycles. The van der Waals surface area contributed by atoms with Gasteiger partial charge in [-0.15, -0.1) is 0 Å². The van der Waals surface area contributed by atoms with Gasteiger partial charge < -0.3 is 15.2 Å². The number of phenols is 1. The number of carbonyl (C=O) groups is 3. The van der Waals surface area contributed by atoms with E-state index in [9.17, 15) is 19.5 Å². The fraction of sp³-hybridized carbons (Fsp3) is 0.160. The molecule has 6 nitrogen and oxygen atoms in total. The third-order valence-corrected chi connectivity index (χ3v) is 6.34. The maximum Gasteiger partial charge on any atom is 0.328 e. The molecule has 3 rings (SSSR count). The van der Waals surface area contributed by atoms with Gasteiger partial charge in [0.25, 0.3) is 5.91 Å². The Morgan fingerprint density at radius 1 is 0.857 bits per heavy atom. The number of methoxy groups -OCH3 is 1. The molecule has 0 unspecified atom stereocenters. The lowest BCUT2D eigenvalue weighted by Gasteiger charge is -2.18. The number of carbonyl (C=O) groups excluding carboxylic acids is 3. The van der Waals surface area contributed by atoms with Gasteiger partial charge in [-0.1, -0.05) is 76.7 Å². The normalized spacial score (nSPS) is 11.6. The molecule has 0 radical (unpaired) electrons. The van der Waals surface area contributed by atoms with Crippen LogP contribution in [0.4, 0.5) is 0 Å². The number of benzene rings is 3. The fourth-order valence-electron chi connectivity index (χ4n) is 3.41. The Balaban J connectivity index is 1.73. The van der Waals surface area contributed by atoms with Gasteiger partial charge in [-0.05, 0) is 35.4 Å². The van der Waals surface area contributed by atoms with Crippen LogP contribution < -0.4 is 5.32 Å². The number of amides is 1. The van der Waals surface area contributed by atoms with E-state index in [2.05, 4.69) is 5.32 Å². The molecule has 0 aliphatic carbocycles. The summed E-state index contributed by atoms with van der Waals surface area (Å²) >= 11 is 24.3. The highest BCUT2D eigenvalue weighted by molar-refractivity contribution is 6.40. The number of Topliss-reactive ketones (excluding diaryl/α,β-unsaturated/α-hetero) is 1. The first kappa shape index (κ1) is 26.8. The zero-order valence-corrected chi connectivity index (χ0v) is 21.3. The molecule has 35 heavy (non-hydrogen) atoms. The summed E-state index contributed by atoms with van der Waals surface area (Å²) in [6, 6.07) is 13.1. The molecule has 0 heterocycles. The van der Waals surface area contributed by atoms with Gasteiger partial charge >= 0.3 is 5.97 Å². The van der Waals surface area contributed by atoms with Gasteiger partial charge in [-0.25, -0.2) is 4.79 Å². The highest BCUT2D eigenvalue weighted by Crippen LogP contribution is 2.30. The molecule has 0 bridgehead atoms. The summed E-state index contributed by atoms with van der Waals surface area (Å²) in [4.78, 5) is 37.7. The number of ether oxygens (including phenoxy) is 1. The van der Waals surface area contributed by atoms with E-state index in [1.165, 1.54) is 19.2 Å². The lowest BCUT2D eigenvalue weighted by molar-refractivity contribution is -0.142. The highest BCUT2D eigenvalue weighted by Gasteiger charge is 2.25. The number of esters is 1. The fourth-order valence-corrected chi connectivity index (χ4v) is 4.66. The minimum Gasteiger partial charge on any atom is -0.508 e. The molecule has 0 saturated heterocycles. The van der Waals surface area contributed by atoms with Gasteiger partial charge in [-0.3, -0.25) is 9.59 Å². The molecule has 1 atom stereocenters. The second kappa shape index (κ2) is 11.8. The Morgan fingerprint density at radius 3 is 1.94 bits per heavy atom. The number of nitrogens with one attached hydrogen (secondary N) is 1. The van der Waals surface area contributed by atoms with Crippen LogP contribution in [0.3, 0.4) is 0 Å². The van der Waals surface area contributed by atoms with E-state index < -0.39 is 17.9 Å². The maximum absolute atomic E-state index is 12.8. The van der Waals surface area contributed by atoms with Crippen molar-refractivity contribution in [2.45, 2.75) is 18.9 Å². The van der Waals surface area contributed by atoms with E-state index >= 15 is 0 Å². The van der Waals surface area contributed by atoms with Crippen molar-refractivity contribution in [1.82, 2.24) is 5.32 Å². The van der Waals surface area contributed by atoms with E-state index in [-0.39, 0.29) is 55.6 Å². The van der Waals surface area contributed by atoms with Crippen LogP contribution in [-0.2, 0) is 22.4 Å². The van der Waals surface area contributed by atoms with Crippen LogP contribution in [0.5, 0.6) is 5.75 Å². The number of ketones is 1. The average molecular weight is 555 g/mol. The molecular formula is C25H19Cl4NO5. The Bertz CT molecular complexity index is 1230. The molecule has 0 fully saturated rings. The van der Waals surface area contributed by atoms with Crippen molar-refractivity contribution in [2.24, 2.45) is 0 Å². The first-order valence-electron chi connectivity index (χ1n) is 10.2. The molecule has 0 aliphatic heterocycles. The first-order valence-corrected chi connectivity index (χ1v) is 11.7. The minimum absolute atomic E-state index is 0.0660. The summed E-state index contributed by atoms with van der Waals surface area (Å²) in [6.45, 7) is 0. The summed E-state index contributed by atoms with van der Waals surface area (Å²) in [6.07, 6.45) is 0.190. The Labute approximate surface area is 221 Å². The molecular weight excluding hydrogens is 536 g/mol. The summed E-state index contributed by atoms with van der Waals surface area (Å²) < 4.78 is 4.82. The van der Waals surface area contributed by atoms with Gasteiger partial charge in [0.05, 0.1) is 38.3 Å². The van der Waals surface area contributed by atoms with Gasteiger partial charge in [0.15, 0.2) is 5.78 Å². The van der Waals surface area contributed by atoms with Crippen molar-refractivity contribution in [1.29, 1.82) is 0 Å². The molecule has 1 amide bonds. The number of hydrogen-bond acceptors (Lipinski definition) is 5. The highest BCUT2D eigenvalue weighted by atomic mass is 35.5. The number of halogens is 4. The molecule has 3 aromatic carbocycles. The van der Waals surface area contributed by atoms with Crippen LogP contribution in [-0.4, -0.2) is 35.9 Å². The number of phenolic OH excluding ortho intramolecular Hbond substituents is 1. The standard InChI is InChI=1S/C25H19Cl4NO5/c1-35-25(34)20(30-24(33)23-18(28)11-15(31)12-19(23)29)9-13-5-7-14(8-6-13)10-21(32)22-16(26)3-2-4-17(22)27/h2-8,11-12,20,31H,9-10H2,1H3,(H,30,33)/t20-/m0/s1. The van der Waals surface area contributed by atoms with Crippen LogP contribution in [0, 0.1) is 0 Å². The smallest absolute Gasteiger partial charge is 0.328 e. The van der Waals surface area contributed by atoms with E-state index in [1.54, 1.807) is 42.5 Å². The molecule has 10 heteroatoms. The van der Waals surface area contributed by atoms with E-state index in [1.807, 2.05) is 0 Å². The monoisotopic (exact) mass is 553 g/mol. The molecule has 2 N–H and O–H groups in total. The van der Waals surface area contributed by atoms with Crippen LogP contribution in [0.15, 0.2) is 54.6 Å². The quantitative estimate of drug-likeness (QED) is 0.265. The third-order valence-electron chi connectivity index (χ3n) is 5.11. The summed E-state index contributed by atoms with van der Waals surface area (Å²) in [5.74, 6) is -1.79. The molecule has 0 spiro atoms. The van der Waals surface area contributed by atoms with Gasteiger partial charge in [-0.2, -0.15) is 0 Å². The molecule has 0 aliphatic rings. The Hall–Kier alpha value is -2.77.